The maximum Gasteiger partial charge on any atom is -0.0383 e. The third-order valence-electron chi connectivity index (χ3n) is 4.44. The third-order valence-corrected chi connectivity index (χ3v) is 4.44. The number of hydrogen-bond acceptors (Lipinski definition) is 0. The summed E-state index contributed by atoms with van der Waals surface area (Å²) in [7, 11) is 0. The molecule has 4 rings (SSSR count). The van der Waals surface area contributed by atoms with Gasteiger partial charge in [0.1, 0.15) is 0 Å². The second-order valence-electron chi connectivity index (χ2n) is 5.37. The van der Waals surface area contributed by atoms with Crippen LogP contribution in [0.4, 0.5) is 0 Å². The zero-order chi connectivity index (χ0) is 7.97. The van der Waals surface area contributed by atoms with Crippen molar-refractivity contribution in [3.63, 3.8) is 0 Å². The van der Waals surface area contributed by atoms with Gasteiger partial charge in [-0.2, -0.15) is 0 Å². The normalized spacial score (nSPS) is 41.6. The Morgan fingerprint density at radius 3 is 0.800 bits per heavy atom. The summed E-state index contributed by atoms with van der Waals surface area (Å²) in [5.41, 5.74) is 0. The largest absolute Gasteiger partial charge is 0.147 e. The summed E-state index contributed by atoms with van der Waals surface area (Å²) in [5, 5.41) is 0. The van der Waals surface area contributed by atoms with Gasteiger partial charge in [-0.1, -0.05) is 38.5 Å². The first kappa shape index (κ1) is 15.9. The number of fused-ring (bicyclic) bond motifs is 2. The van der Waals surface area contributed by atoms with Crippen molar-refractivity contribution in [1.29, 1.82) is 0 Å². The highest BCUT2D eigenvalue weighted by Gasteiger charge is 2.40. The summed E-state index contributed by atoms with van der Waals surface area (Å²) in [6, 6.07) is 0. The van der Waals surface area contributed by atoms with E-state index in [-0.39, 0.29) is 37.2 Å². The van der Waals surface area contributed by atoms with Crippen LogP contribution in [0.5, 0.6) is 0 Å². The van der Waals surface area contributed by atoms with E-state index in [1.807, 2.05) is 0 Å². The molecule has 92 valence electrons. The van der Waals surface area contributed by atoms with Crippen LogP contribution in [0.25, 0.3) is 0 Å². The lowest BCUT2D eigenvalue weighted by atomic mass is 10.3. The van der Waals surface area contributed by atoms with Crippen molar-refractivity contribution in [3.05, 3.63) is 0 Å². The molecule has 0 amide bonds. The van der Waals surface area contributed by atoms with Crippen molar-refractivity contribution in [2.45, 2.75) is 51.4 Å². The van der Waals surface area contributed by atoms with Crippen LogP contribution in [0.3, 0.4) is 0 Å². The molecule has 0 saturated heterocycles. The minimum absolute atomic E-state index is 0. The van der Waals surface area contributed by atoms with Crippen LogP contribution in [0.2, 0.25) is 0 Å². The molecule has 0 heterocycles. The molecule has 0 aliphatic heterocycles. The van der Waals surface area contributed by atoms with Gasteiger partial charge in [-0.15, -0.1) is 37.2 Å². The Morgan fingerprint density at radius 1 is 0.467 bits per heavy atom. The lowest BCUT2D eigenvalue weighted by molar-refractivity contribution is 0.735. The Kier molecular flexibility index (Phi) is 6.95. The van der Waals surface area contributed by atoms with Crippen molar-refractivity contribution in [1.82, 2.24) is 0 Å². The van der Waals surface area contributed by atoms with E-state index in [0.717, 1.165) is 0 Å². The predicted octanol–water partition coefficient (Wildman–Crippen LogP) is 4.88. The summed E-state index contributed by atoms with van der Waals surface area (Å²) in [4.78, 5) is 0. The molecule has 0 radical (unpaired) electrons. The Hall–Kier alpha value is 0.870. The molecular formula is C12H23Cl3. The van der Waals surface area contributed by atoms with Crippen molar-refractivity contribution < 1.29 is 0 Å². The van der Waals surface area contributed by atoms with Gasteiger partial charge in [-0.05, 0) is 36.5 Å². The molecule has 4 aliphatic rings. The van der Waals surface area contributed by atoms with Gasteiger partial charge < -0.3 is 0 Å². The van der Waals surface area contributed by atoms with Gasteiger partial charge in [0.2, 0.25) is 0 Å². The minimum atomic E-state index is 0. The second kappa shape index (κ2) is 6.57. The fraction of sp³-hybridized carbons (Fsp3) is 1.00. The molecule has 0 bridgehead atoms. The fourth-order valence-corrected chi connectivity index (χ4v) is 3.32. The SMILES string of the molecule is C1CC2CC2C1.C1CC2CC2C1.Cl.Cl.Cl. The van der Waals surface area contributed by atoms with E-state index < -0.39 is 0 Å². The molecule has 4 saturated carbocycles. The van der Waals surface area contributed by atoms with Gasteiger partial charge in [0.15, 0.2) is 0 Å². The topological polar surface area (TPSA) is 0 Å². The molecule has 0 spiro atoms. The first-order chi connectivity index (χ1) is 5.93. The molecule has 15 heavy (non-hydrogen) atoms. The molecule has 4 fully saturated rings. The molecule has 4 unspecified atom stereocenters. The highest BCUT2D eigenvalue weighted by Crippen LogP contribution is 2.51. The van der Waals surface area contributed by atoms with Crippen LogP contribution in [0.15, 0.2) is 0 Å². The van der Waals surface area contributed by atoms with Gasteiger partial charge in [0.05, 0.1) is 0 Å². The van der Waals surface area contributed by atoms with Gasteiger partial charge in [0, 0.05) is 0 Å². The summed E-state index contributed by atoms with van der Waals surface area (Å²) >= 11 is 0. The van der Waals surface area contributed by atoms with Crippen LogP contribution < -0.4 is 0 Å². The smallest absolute Gasteiger partial charge is 0.0383 e. The van der Waals surface area contributed by atoms with Gasteiger partial charge >= 0.3 is 0 Å². The van der Waals surface area contributed by atoms with Crippen LogP contribution in [-0.2, 0) is 0 Å². The van der Waals surface area contributed by atoms with Crippen LogP contribution in [-0.4, -0.2) is 0 Å². The zero-order valence-corrected chi connectivity index (χ0v) is 11.6. The van der Waals surface area contributed by atoms with E-state index in [4.69, 9.17) is 0 Å². The van der Waals surface area contributed by atoms with E-state index in [0.29, 0.717) is 0 Å². The molecule has 0 aromatic rings. The van der Waals surface area contributed by atoms with Gasteiger partial charge in [-0.3, -0.25) is 0 Å². The summed E-state index contributed by atoms with van der Waals surface area (Å²) in [6.07, 6.45) is 12.5. The van der Waals surface area contributed by atoms with Crippen LogP contribution in [0, 0.1) is 23.7 Å². The monoisotopic (exact) mass is 272 g/mol. The summed E-state index contributed by atoms with van der Waals surface area (Å²) in [6.45, 7) is 0. The molecule has 0 aromatic heterocycles. The Labute approximate surface area is 112 Å². The van der Waals surface area contributed by atoms with E-state index in [9.17, 15) is 0 Å². The molecule has 0 aromatic carbocycles. The summed E-state index contributed by atoms with van der Waals surface area (Å²) < 4.78 is 0. The van der Waals surface area contributed by atoms with Crippen molar-refractivity contribution in [2.24, 2.45) is 23.7 Å². The highest BCUT2D eigenvalue weighted by molar-refractivity contribution is 5.86. The van der Waals surface area contributed by atoms with E-state index in [2.05, 4.69) is 0 Å². The molecule has 3 heteroatoms. The zero-order valence-electron chi connectivity index (χ0n) is 9.19. The van der Waals surface area contributed by atoms with Crippen LogP contribution in [0.1, 0.15) is 51.4 Å². The minimum Gasteiger partial charge on any atom is -0.147 e. The summed E-state index contributed by atoms with van der Waals surface area (Å²) in [5.74, 6) is 4.85. The Balaban J connectivity index is 0.000000218. The third kappa shape index (κ3) is 3.98. The van der Waals surface area contributed by atoms with E-state index >= 15 is 0 Å². The predicted molar refractivity (Wildman–Crippen MR) is 72.6 cm³/mol. The lowest BCUT2D eigenvalue weighted by Crippen LogP contribution is -1.64. The number of hydrogen-bond donors (Lipinski definition) is 0. The fourth-order valence-electron chi connectivity index (χ4n) is 3.32. The lowest BCUT2D eigenvalue weighted by Gasteiger charge is -1.80. The first-order valence-corrected chi connectivity index (χ1v) is 5.93. The maximum atomic E-state index is 1.58. The molecule has 4 atom stereocenters. The average Bonchev–Trinajstić information content (AvgIpc) is 2.95. The average molecular weight is 274 g/mol. The first-order valence-electron chi connectivity index (χ1n) is 5.93. The van der Waals surface area contributed by atoms with Crippen molar-refractivity contribution in [3.8, 4) is 0 Å². The van der Waals surface area contributed by atoms with E-state index in [1.165, 1.54) is 36.5 Å². The standard InChI is InChI=1S/2C6H10.3ClH/c2*1-2-5-4-6(5)3-1;;;/h2*5-6H,1-4H2;3*1H. The van der Waals surface area contributed by atoms with Crippen molar-refractivity contribution >= 4 is 37.2 Å². The molecule has 0 N–H and O–H groups in total. The Morgan fingerprint density at radius 2 is 0.733 bits per heavy atom. The van der Waals surface area contributed by atoms with Crippen molar-refractivity contribution in [2.75, 3.05) is 0 Å². The highest BCUT2D eigenvalue weighted by atomic mass is 35.5. The molecule has 0 nitrogen and oxygen atoms in total. The van der Waals surface area contributed by atoms with Crippen LogP contribution >= 0.6 is 37.2 Å². The molecular weight excluding hydrogens is 250 g/mol. The Bertz CT molecular complexity index is 148. The quantitative estimate of drug-likeness (QED) is 0.590. The molecule has 4 aliphatic carbocycles. The number of halogens is 3. The van der Waals surface area contributed by atoms with Gasteiger partial charge in [0.25, 0.3) is 0 Å². The van der Waals surface area contributed by atoms with Gasteiger partial charge in [-0.25, -0.2) is 0 Å². The number of rotatable bonds is 0. The van der Waals surface area contributed by atoms with E-state index in [1.54, 1.807) is 38.5 Å². The second-order valence-corrected chi connectivity index (χ2v) is 5.37. The maximum absolute atomic E-state index is 1.58.